The number of nitrogens with one attached hydrogen (secondary N) is 1. The fraction of sp³-hybridized carbons (Fsp3) is 0.933. The van der Waals surface area contributed by atoms with E-state index in [1.807, 2.05) is 0 Å². The van der Waals surface area contributed by atoms with Crippen LogP contribution in [-0.4, -0.2) is 18.5 Å². The van der Waals surface area contributed by atoms with Gasteiger partial charge in [0.05, 0.1) is 0 Å². The summed E-state index contributed by atoms with van der Waals surface area (Å²) in [6.45, 7) is 7.30. The topological polar surface area (TPSA) is 55.1 Å². The summed E-state index contributed by atoms with van der Waals surface area (Å²) in [6, 6.07) is 0.359. The summed E-state index contributed by atoms with van der Waals surface area (Å²) in [5.74, 6) is 2.14. The molecule has 2 atom stereocenters. The predicted octanol–water partition coefficient (Wildman–Crippen LogP) is 2.69. The van der Waals surface area contributed by atoms with E-state index in [0.717, 1.165) is 25.3 Å². The van der Waals surface area contributed by atoms with Crippen molar-refractivity contribution in [3.05, 3.63) is 0 Å². The van der Waals surface area contributed by atoms with Crippen molar-refractivity contribution in [1.82, 2.24) is 5.32 Å². The van der Waals surface area contributed by atoms with Crippen LogP contribution in [-0.2, 0) is 4.79 Å². The van der Waals surface area contributed by atoms with Gasteiger partial charge < -0.3 is 11.1 Å². The van der Waals surface area contributed by atoms with Crippen LogP contribution in [0.15, 0.2) is 0 Å². The molecule has 0 heterocycles. The number of carbonyl (C=O) groups excluding carboxylic acids is 1. The zero-order valence-electron chi connectivity index (χ0n) is 12.2. The standard InChI is InChI=1S/C15H30N2O/c1-11(2)13(9-10-16)7-8-15(18)17-12(3)14-5-4-6-14/h11-14H,4-10,16H2,1-3H3,(H,17,18). The Labute approximate surface area is 112 Å². The summed E-state index contributed by atoms with van der Waals surface area (Å²) in [4.78, 5) is 11.9. The van der Waals surface area contributed by atoms with Crippen LogP contribution in [0.1, 0.15) is 59.3 Å². The highest BCUT2D eigenvalue weighted by molar-refractivity contribution is 5.76. The minimum absolute atomic E-state index is 0.220. The van der Waals surface area contributed by atoms with Crippen LogP contribution < -0.4 is 11.1 Å². The molecule has 1 saturated carbocycles. The third kappa shape index (κ3) is 4.97. The van der Waals surface area contributed by atoms with Gasteiger partial charge in [0.2, 0.25) is 5.91 Å². The van der Waals surface area contributed by atoms with Crippen molar-refractivity contribution in [2.24, 2.45) is 23.5 Å². The van der Waals surface area contributed by atoms with Crippen molar-refractivity contribution in [3.63, 3.8) is 0 Å². The Morgan fingerprint density at radius 2 is 1.94 bits per heavy atom. The SMILES string of the molecule is CC(C)C(CCN)CCC(=O)NC(C)C1CCC1. The lowest BCUT2D eigenvalue weighted by atomic mass is 9.80. The lowest BCUT2D eigenvalue weighted by Crippen LogP contribution is -2.40. The van der Waals surface area contributed by atoms with Gasteiger partial charge in [-0.3, -0.25) is 4.79 Å². The molecule has 3 nitrogen and oxygen atoms in total. The third-order valence-electron chi connectivity index (χ3n) is 4.47. The summed E-state index contributed by atoms with van der Waals surface area (Å²) in [6.07, 6.45) is 6.55. The number of carbonyl (C=O) groups is 1. The molecular weight excluding hydrogens is 224 g/mol. The zero-order chi connectivity index (χ0) is 13.5. The van der Waals surface area contributed by atoms with Crippen molar-refractivity contribution in [2.75, 3.05) is 6.54 Å². The summed E-state index contributed by atoms with van der Waals surface area (Å²) >= 11 is 0. The Morgan fingerprint density at radius 3 is 2.39 bits per heavy atom. The quantitative estimate of drug-likeness (QED) is 0.699. The molecule has 0 aromatic heterocycles. The first-order valence-electron chi connectivity index (χ1n) is 7.54. The van der Waals surface area contributed by atoms with Gasteiger partial charge in [-0.2, -0.15) is 0 Å². The minimum Gasteiger partial charge on any atom is -0.353 e. The molecule has 0 spiro atoms. The van der Waals surface area contributed by atoms with Gasteiger partial charge in [-0.15, -0.1) is 0 Å². The lowest BCUT2D eigenvalue weighted by molar-refractivity contribution is -0.122. The van der Waals surface area contributed by atoms with Gasteiger partial charge in [-0.05, 0) is 56.9 Å². The van der Waals surface area contributed by atoms with E-state index in [9.17, 15) is 4.79 Å². The Balaban J connectivity index is 2.21. The van der Waals surface area contributed by atoms with Crippen LogP contribution in [0, 0.1) is 17.8 Å². The summed E-state index contributed by atoms with van der Waals surface area (Å²) in [7, 11) is 0. The molecule has 1 amide bonds. The molecule has 1 rings (SSSR count). The molecule has 0 aromatic carbocycles. The van der Waals surface area contributed by atoms with Crippen molar-refractivity contribution >= 4 is 5.91 Å². The molecular formula is C15H30N2O. The molecule has 106 valence electrons. The highest BCUT2D eigenvalue weighted by atomic mass is 16.1. The average molecular weight is 254 g/mol. The molecule has 1 aliphatic rings. The van der Waals surface area contributed by atoms with Gasteiger partial charge in [-0.1, -0.05) is 20.3 Å². The van der Waals surface area contributed by atoms with Crippen LogP contribution in [0.2, 0.25) is 0 Å². The highest BCUT2D eigenvalue weighted by Gasteiger charge is 2.25. The van der Waals surface area contributed by atoms with Gasteiger partial charge >= 0.3 is 0 Å². The van der Waals surface area contributed by atoms with E-state index in [1.165, 1.54) is 19.3 Å². The van der Waals surface area contributed by atoms with Crippen molar-refractivity contribution in [1.29, 1.82) is 0 Å². The molecule has 3 N–H and O–H groups in total. The van der Waals surface area contributed by atoms with E-state index in [4.69, 9.17) is 5.73 Å². The van der Waals surface area contributed by atoms with Crippen LogP contribution in [0.4, 0.5) is 0 Å². The average Bonchev–Trinajstić information content (AvgIpc) is 2.20. The Bertz CT molecular complexity index is 249. The first-order valence-corrected chi connectivity index (χ1v) is 7.54. The van der Waals surface area contributed by atoms with E-state index in [2.05, 4.69) is 26.1 Å². The highest BCUT2D eigenvalue weighted by Crippen LogP contribution is 2.29. The molecule has 0 aromatic rings. The minimum atomic E-state index is 0.220. The number of amides is 1. The maximum absolute atomic E-state index is 11.9. The van der Waals surface area contributed by atoms with E-state index < -0.39 is 0 Å². The van der Waals surface area contributed by atoms with Crippen LogP contribution >= 0.6 is 0 Å². The van der Waals surface area contributed by atoms with E-state index >= 15 is 0 Å². The molecule has 3 heteroatoms. The fourth-order valence-electron chi connectivity index (χ4n) is 2.73. The Morgan fingerprint density at radius 1 is 1.28 bits per heavy atom. The monoisotopic (exact) mass is 254 g/mol. The number of rotatable bonds is 8. The zero-order valence-corrected chi connectivity index (χ0v) is 12.2. The van der Waals surface area contributed by atoms with E-state index in [1.54, 1.807) is 0 Å². The van der Waals surface area contributed by atoms with Crippen LogP contribution in [0.3, 0.4) is 0 Å². The smallest absolute Gasteiger partial charge is 0.220 e. The molecule has 0 radical (unpaired) electrons. The molecule has 1 fully saturated rings. The maximum atomic E-state index is 11.9. The van der Waals surface area contributed by atoms with Crippen LogP contribution in [0.5, 0.6) is 0 Å². The molecule has 1 aliphatic carbocycles. The second-order valence-electron chi connectivity index (χ2n) is 6.17. The lowest BCUT2D eigenvalue weighted by Gasteiger charge is -2.32. The predicted molar refractivity (Wildman–Crippen MR) is 76.2 cm³/mol. The molecule has 0 bridgehead atoms. The van der Waals surface area contributed by atoms with Gasteiger partial charge in [0.25, 0.3) is 0 Å². The molecule has 0 aliphatic heterocycles. The number of nitrogens with two attached hydrogens (primary N) is 1. The molecule has 0 saturated heterocycles. The molecule has 18 heavy (non-hydrogen) atoms. The normalized spacial score (nSPS) is 19.4. The Hall–Kier alpha value is -0.570. The van der Waals surface area contributed by atoms with Gasteiger partial charge in [0.15, 0.2) is 0 Å². The third-order valence-corrected chi connectivity index (χ3v) is 4.47. The second kappa shape index (κ2) is 7.78. The van der Waals surface area contributed by atoms with E-state index in [0.29, 0.717) is 24.3 Å². The van der Waals surface area contributed by atoms with Gasteiger partial charge in [0.1, 0.15) is 0 Å². The van der Waals surface area contributed by atoms with Crippen molar-refractivity contribution < 1.29 is 4.79 Å². The maximum Gasteiger partial charge on any atom is 0.220 e. The van der Waals surface area contributed by atoms with Crippen LogP contribution in [0.25, 0.3) is 0 Å². The van der Waals surface area contributed by atoms with E-state index in [-0.39, 0.29) is 5.91 Å². The fourth-order valence-corrected chi connectivity index (χ4v) is 2.73. The summed E-state index contributed by atoms with van der Waals surface area (Å²) < 4.78 is 0. The summed E-state index contributed by atoms with van der Waals surface area (Å²) in [5, 5.41) is 3.15. The van der Waals surface area contributed by atoms with Crippen molar-refractivity contribution in [3.8, 4) is 0 Å². The number of hydrogen-bond donors (Lipinski definition) is 2. The molecule has 2 unspecified atom stereocenters. The Kier molecular flexibility index (Phi) is 6.69. The van der Waals surface area contributed by atoms with Crippen molar-refractivity contribution in [2.45, 2.75) is 65.3 Å². The summed E-state index contributed by atoms with van der Waals surface area (Å²) in [5.41, 5.74) is 5.62. The second-order valence-corrected chi connectivity index (χ2v) is 6.17. The first kappa shape index (κ1) is 15.5. The van der Waals surface area contributed by atoms with Gasteiger partial charge in [-0.25, -0.2) is 0 Å². The largest absolute Gasteiger partial charge is 0.353 e. The van der Waals surface area contributed by atoms with Gasteiger partial charge in [0, 0.05) is 12.5 Å². The first-order chi connectivity index (χ1) is 8.54. The number of hydrogen-bond acceptors (Lipinski definition) is 2.